The van der Waals surface area contributed by atoms with Crippen LogP contribution in [0.25, 0.3) is 49.2 Å². The highest BCUT2D eigenvalue weighted by Gasteiger charge is 2.22. The summed E-state index contributed by atoms with van der Waals surface area (Å²) in [6.07, 6.45) is 1.18. The fraction of sp³-hybridized carbons (Fsp3) is 0.107. The number of benzene rings is 4. The van der Waals surface area contributed by atoms with Gasteiger partial charge in [-0.05, 0) is 64.0 Å². The van der Waals surface area contributed by atoms with Gasteiger partial charge in [-0.15, -0.1) is 0 Å². The number of aryl methyl sites for hydroxylation is 1. The maximum Gasteiger partial charge on any atom is 0.303 e. The summed E-state index contributed by atoms with van der Waals surface area (Å²) in [7, 11) is 6.52. The van der Waals surface area contributed by atoms with E-state index in [1.807, 2.05) is 36.4 Å². The number of hydrogen-bond donors (Lipinski definition) is 1. The van der Waals surface area contributed by atoms with Crippen molar-refractivity contribution in [1.82, 2.24) is 4.57 Å². The Kier molecular flexibility index (Phi) is 5.23. The summed E-state index contributed by atoms with van der Waals surface area (Å²) in [4.78, 5) is 38.2. The summed E-state index contributed by atoms with van der Waals surface area (Å²) in [5.41, 5.74) is 2.06. The first-order chi connectivity index (χ1) is 17.3. The predicted octanol–water partition coefficient (Wildman–Crippen LogP) is 4.80. The van der Waals surface area contributed by atoms with Gasteiger partial charge < -0.3 is 9.52 Å². The Hall–Kier alpha value is -3.91. The van der Waals surface area contributed by atoms with Crippen molar-refractivity contribution in [2.24, 2.45) is 0 Å². The zero-order valence-corrected chi connectivity index (χ0v) is 20.5. The first kappa shape index (κ1) is 22.6. The number of aromatic nitrogens is 1. The third-order valence-corrected chi connectivity index (χ3v) is 7.22. The van der Waals surface area contributed by atoms with Crippen LogP contribution in [0.5, 0.6) is 0 Å². The number of carbonyl (C=O) groups is 1. The molecule has 0 bridgehead atoms. The summed E-state index contributed by atoms with van der Waals surface area (Å²) in [5, 5.41) is 12.3. The van der Waals surface area contributed by atoms with Crippen molar-refractivity contribution >= 4 is 78.7 Å². The fourth-order valence-electron chi connectivity index (χ4n) is 5.02. The van der Waals surface area contributed by atoms with E-state index in [0.717, 1.165) is 20.9 Å². The number of hydrogen-bond acceptors (Lipinski definition) is 4. The second kappa shape index (κ2) is 8.34. The molecule has 2 heterocycles. The fourth-order valence-corrected chi connectivity index (χ4v) is 5.53. The van der Waals surface area contributed by atoms with Crippen molar-refractivity contribution in [2.45, 2.75) is 19.3 Å². The number of fused-ring (bicyclic) bond motifs is 2. The molecule has 0 atom stereocenters. The number of halogens is 1. The predicted molar refractivity (Wildman–Crippen MR) is 145 cm³/mol. The normalized spacial score (nSPS) is 11.8. The van der Waals surface area contributed by atoms with Crippen LogP contribution in [0.15, 0.2) is 79.1 Å². The topological polar surface area (TPSA) is 89.5 Å². The van der Waals surface area contributed by atoms with Crippen molar-refractivity contribution < 1.29 is 14.3 Å². The molecule has 0 fully saturated rings. The first-order valence-corrected chi connectivity index (χ1v) is 12.2. The molecule has 36 heavy (non-hydrogen) atoms. The van der Waals surface area contributed by atoms with E-state index in [9.17, 15) is 14.4 Å². The van der Waals surface area contributed by atoms with Crippen LogP contribution in [0.1, 0.15) is 18.4 Å². The molecule has 0 amide bonds. The van der Waals surface area contributed by atoms with Crippen LogP contribution in [0.4, 0.5) is 0 Å². The number of carboxylic acids is 1. The van der Waals surface area contributed by atoms with Gasteiger partial charge in [-0.1, -0.05) is 41.9 Å². The van der Waals surface area contributed by atoms with E-state index in [1.165, 1.54) is 0 Å². The molecule has 0 aliphatic heterocycles. The second-order valence-electron chi connectivity index (χ2n) is 8.83. The summed E-state index contributed by atoms with van der Waals surface area (Å²) in [6.45, 7) is 0. The number of aliphatic carboxylic acids is 1. The molecule has 4 aromatic carbocycles. The van der Waals surface area contributed by atoms with Crippen molar-refractivity contribution in [3.63, 3.8) is 0 Å². The zero-order valence-electron chi connectivity index (χ0n) is 18.9. The minimum atomic E-state index is -0.839. The molecule has 0 saturated heterocycles. The Morgan fingerprint density at radius 1 is 0.917 bits per heavy atom. The van der Waals surface area contributed by atoms with Gasteiger partial charge in [0.05, 0.1) is 15.5 Å². The monoisotopic (exact) mass is 537 g/mol. The zero-order chi connectivity index (χ0) is 25.1. The first-order valence-electron chi connectivity index (χ1n) is 11.4. The number of carboxylic acid groups (broad SMARTS) is 1. The summed E-state index contributed by atoms with van der Waals surface area (Å²) < 4.78 is 7.93. The van der Waals surface area contributed by atoms with E-state index in [2.05, 4.69) is 15.9 Å². The summed E-state index contributed by atoms with van der Waals surface area (Å²) in [6, 6.07) is 17.9. The highest BCUT2D eigenvalue weighted by atomic mass is 79.9. The lowest BCUT2D eigenvalue weighted by Gasteiger charge is -2.17. The molecular weight excluding hydrogens is 521 g/mol. The van der Waals surface area contributed by atoms with Gasteiger partial charge in [-0.3, -0.25) is 14.4 Å². The number of pyridine rings is 1. The van der Waals surface area contributed by atoms with Crippen molar-refractivity contribution in [1.29, 1.82) is 0 Å². The van der Waals surface area contributed by atoms with E-state index in [-0.39, 0.29) is 6.42 Å². The second-order valence-corrected chi connectivity index (χ2v) is 9.69. The van der Waals surface area contributed by atoms with Gasteiger partial charge in [0.15, 0.2) is 0 Å². The lowest BCUT2D eigenvalue weighted by molar-refractivity contribution is -0.137. The lowest BCUT2D eigenvalue weighted by atomic mass is 9.84. The van der Waals surface area contributed by atoms with E-state index >= 15 is 0 Å². The molecule has 0 saturated carbocycles. The molecule has 0 aliphatic rings. The summed E-state index contributed by atoms with van der Waals surface area (Å²) in [5.74, 6) is -0.839. The SMILES string of the molecule is [B]c1cc2c(=O)n(-c3ccc(CCCC(=O)O)cc3)c(=O)c3cc(Br)c4oc5ccccc5c1c4c32. The Bertz CT molecular complexity index is 1920. The molecule has 6 nitrogen and oxygen atoms in total. The Morgan fingerprint density at radius 2 is 1.61 bits per heavy atom. The molecule has 0 spiro atoms. The van der Waals surface area contributed by atoms with Crippen LogP contribution in [0.2, 0.25) is 0 Å². The quantitative estimate of drug-likeness (QED) is 0.194. The van der Waals surface area contributed by atoms with Crippen LogP contribution >= 0.6 is 15.9 Å². The van der Waals surface area contributed by atoms with Crippen LogP contribution in [0, 0.1) is 0 Å². The van der Waals surface area contributed by atoms with Gasteiger partial charge in [0.1, 0.15) is 19.0 Å². The van der Waals surface area contributed by atoms with Crippen molar-refractivity contribution in [2.75, 3.05) is 0 Å². The molecule has 174 valence electrons. The Morgan fingerprint density at radius 3 is 2.33 bits per heavy atom. The highest BCUT2D eigenvalue weighted by molar-refractivity contribution is 9.10. The molecular formula is C28H17BBrNO5. The van der Waals surface area contributed by atoms with Crippen molar-refractivity contribution in [3.8, 4) is 5.69 Å². The summed E-state index contributed by atoms with van der Waals surface area (Å²) >= 11 is 3.56. The van der Waals surface area contributed by atoms with Crippen LogP contribution in [0.3, 0.4) is 0 Å². The van der Waals surface area contributed by atoms with Crippen LogP contribution < -0.4 is 16.6 Å². The molecule has 2 aromatic heterocycles. The molecule has 6 rings (SSSR count). The standard InChI is InChI=1S/C28H17BBrNO5/c29-19-12-17-23-18(13-20(30)26-25(23)24(19)16-5-1-2-6-21(16)36-26)28(35)31(27(17)34)15-10-8-14(9-11-15)4-3-7-22(32)33/h1-2,5-6,8-13H,3-4,7H2,(H,32,33). The van der Waals surface area contributed by atoms with Gasteiger partial charge in [-0.2, -0.15) is 0 Å². The maximum atomic E-state index is 13.7. The van der Waals surface area contributed by atoms with Crippen molar-refractivity contribution in [3.05, 3.63) is 91.4 Å². The largest absolute Gasteiger partial charge is 0.481 e. The number of nitrogens with zero attached hydrogens (tertiary/aromatic N) is 1. The van der Waals surface area contributed by atoms with Crippen LogP contribution in [-0.2, 0) is 11.2 Å². The molecule has 6 aromatic rings. The number of para-hydroxylation sites is 1. The van der Waals surface area contributed by atoms with Crippen LogP contribution in [-0.4, -0.2) is 23.5 Å². The molecule has 1 N–H and O–H groups in total. The smallest absolute Gasteiger partial charge is 0.303 e. The highest BCUT2D eigenvalue weighted by Crippen LogP contribution is 2.39. The van der Waals surface area contributed by atoms with E-state index in [1.54, 1.807) is 24.3 Å². The lowest BCUT2D eigenvalue weighted by Crippen LogP contribution is -2.32. The average Bonchev–Trinajstić information content (AvgIpc) is 2.86. The average molecular weight is 538 g/mol. The Labute approximate surface area is 213 Å². The minimum Gasteiger partial charge on any atom is -0.481 e. The number of rotatable bonds is 5. The van der Waals surface area contributed by atoms with Gasteiger partial charge in [-0.25, -0.2) is 4.57 Å². The molecule has 0 unspecified atom stereocenters. The maximum absolute atomic E-state index is 13.7. The Balaban J connectivity index is 1.63. The van der Waals surface area contributed by atoms with Gasteiger partial charge >= 0.3 is 5.97 Å². The van der Waals surface area contributed by atoms with E-state index in [0.29, 0.717) is 61.2 Å². The third-order valence-electron chi connectivity index (χ3n) is 6.63. The van der Waals surface area contributed by atoms with Gasteiger partial charge in [0.2, 0.25) is 0 Å². The van der Waals surface area contributed by atoms with E-state index in [4.69, 9.17) is 17.4 Å². The van der Waals surface area contributed by atoms with Gasteiger partial charge in [0, 0.05) is 28.0 Å². The molecule has 2 radical (unpaired) electrons. The molecule has 8 heteroatoms. The van der Waals surface area contributed by atoms with E-state index < -0.39 is 17.1 Å². The third kappa shape index (κ3) is 3.36. The van der Waals surface area contributed by atoms with Gasteiger partial charge in [0.25, 0.3) is 11.1 Å². The molecule has 0 aliphatic carbocycles. The minimum absolute atomic E-state index is 0.0834.